The Labute approximate surface area is 159 Å². The first-order valence-electron chi connectivity index (χ1n) is 8.60. The van der Waals surface area contributed by atoms with E-state index in [1.807, 2.05) is 47.0 Å². The first-order chi connectivity index (χ1) is 11.7. The smallest absolute Gasteiger partial charge is 0.249 e. The molecule has 1 aromatic rings. The number of benzene rings is 1. The molecule has 2 amide bonds. The molecule has 2 atom stereocenters. The minimum Gasteiger partial charge on any atom is -0.334 e. The average molecular weight is 384 g/mol. The highest BCUT2D eigenvalue weighted by atomic mass is 35.5. The number of carbonyl (C=O) groups is 2. The average Bonchev–Trinajstić information content (AvgIpc) is 2.63. The molecule has 5 nitrogen and oxygen atoms in total. The van der Waals surface area contributed by atoms with Crippen molar-refractivity contribution in [2.75, 3.05) is 36.5 Å². The molecule has 0 bridgehead atoms. The third kappa shape index (κ3) is 4.90. The van der Waals surface area contributed by atoms with E-state index in [4.69, 9.17) is 0 Å². The van der Waals surface area contributed by atoms with Crippen LogP contribution in [0.25, 0.3) is 0 Å². The van der Waals surface area contributed by atoms with Crippen LogP contribution in [0.3, 0.4) is 0 Å². The third-order valence-corrected chi connectivity index (χ3v) is 5.89. The zero-order chi connectivity index (χ0) is 16.9. The van der Waals surface area contributed by atoms with Crippen molar-refractivity contribution in [3.63, 3.8) is 0 Å². The lowest BCUT2D eigenvalue weighted by molar-refractivity contribution is -0.139. The number of halogens is 1. The number of para-hydroxylation sites is 1. The van der Waals surface area contributed by atoms with Crippen LogP contribution in [0.2, 0.25) is 0 Å². The molecule has 0 aliphatic carbocycles. The van der Waals surface area contributed by atoms with E-state index < -0.39 is 0 Å². The minimum absolute atomic E-state index is 0. The summed E-state index contributed by atoms with van der Waals surface area (Å²) < 4.78 is 0. The molecule has 3 rings (SSSR count). The van der Waals surface area contributed by atoms with Crippen molar-refractivity contribution >= 4 is 41.7 Å². The quantitative estimate of drug-likeness (QED) is 0.865. The molecule has 0 aromatic heterocycles. The Morgan fingerprint density at radius 1 is 1.36 bits per heavy atom. The van der Waals surface area contributed by atoms with Crippen LogP contribution >= 0.6 is 24.2 Å². The number of hydrogen-bond acceptors (Lipinski definition) is 4. The maximum atomic E-state index is 12.9. The van der Waals surface area contributed by atoms with Crippen molar-refractivity contribution in [3.8, 4) is 0 Å². The van der Waals surface area contributed by atoms with E-state index in [1.165, 1.54) is 0 Å². The fraction of sp³-hybridized carbons (Fsp3) is 0.556. The zero-order valence-electron chi connectivity index (χ0n) is 14.5. The Hall–Kier alpha value is -1.24. The van der Waals surface area contributed by atoms with Crippen LogP contribution in [-0.4, -0.2) is 60.4 Å². The summed E-state index contributed by atoms with van der Waals surface area (Å²) in [5.74, 6) is 2.17. The normalized spacial score (nSPS) is 23.7. The van der Waals surface area contributed by atoms with E-state index in [0.717, 1.165) is 43.1 Å². The van der Waals surface area contributed by atoms with Gasteiger partial charge in [0.05, 0.1) is 0 Å². The van der Waals surface area contributed by atoms with E-state index in [1.54, 1.807) is 11.9 Å². The first kappa shape index (κ1) is 20.1. The molecule has 2 aliphatic heterocycles. The SMILES string of the molecule is CN(C(=O)CC1CSCCN1)C1CCCN(c2ccccc2)C1=O.Cl. The number of thioether (sulfide) groups is 1. The standard InChI is InChI=1S/C18H25N3O2S.ClH/c1-20(17(22)12-14-13-24-11-9-19-14)16-8-5-10-21(18(16)23)15-6-3-2-4-7-15;/h2-4,6-7,14,16,19H,5,8-13H2,1H3;1H. The lowest BCUT2D eigenvalue weighted by Crippen LogP contribution is -2.54. The molecule has 0 saturated carbocycles. The molecule has 7 heteroatoms. The van der Waals surface area contributed by atoms with E-state index >= 15 is 0 Å². The topological polar surface area (TPSA) is 52.7 Å². The first-order valence-corrected chi connectivity index (χ1v) is 9.75. The highest BCUT2D eigenvalue weighted by Gasteiger charge is 2.35. The highest BCUT2D eigenvalue weighted by Crippen LogP contribution is 2.23. The van der Waals surface area contributed by atoms with E-state index in [-0.39, 0.29) is 36.3 Å². The number of likely N-dealkylation sites (N-methyl/N-ethyl adjacent to an activating group) is 1. The number of hydrogen-bond donors (Lipinski definition) is 1. The fourth-order valence-electron chi connectivity index (χ4n) is 3.36. The molecular formula is C18H26ClN3O2S. The summed E-state index contributed by atoms with van der Waals surface area (Å²) in [6.45, 7) is 1.68. The summed E-state index contributed by atoms with van der Waals surface area (Å²) >= 11 is 1.88. The van der Waals surface area contributed by atoms with Crippen molar-refractivity contribution in [2.24, 2.45) is 0 Å². The van der Waals surface area contributed by atoms with Gasteiger partial charge in [-0.1, -0.05) is 18.2 Å². The molecule has 1 aromatic carbocycles. The zero-order valence-corrected chi connectivity index (χ0v) is 16.2. The van der Waals surface area contributed by atoms with Crippen LogP contribution in [0.4, 0.5) is 5.69 Å². The Bertz CT molecular complexity index is 581. The van der Waals surface area contributed by atoms with Crippen LogP contribution in [0, 0.1) is 0 Å². The van der Waals surface area contributed by atoms with Gasteiger partial charge in [0.25, 0.3) is 0 Å². The summed E-state index contributed by atoms with van der Waals surface area (Å²) in [5.41, 5.74) is 0.915. The predicted octanol–water partition coefficient (Wildman–Crippen LogP) is 2.16. The highest BCUT2D eigenvalue weighted by molar-refractivity contribution is 7.99. The van der Waals surface area contributed by atoms with Gasteiger partial charge in [-0.3, -0.25) is 9.59 Å². The van der Waals surface area contributed by atoms with Crippen LogP contribution in [0.1, 0.15) is 19.3 Å². The van der Waals surface area contributed by atoms with Crippen molar-refractivity contribution in [1.29, 1.82) is 0 Å². The molecule has 2 fully saturated rings. The Balaban J connectivity index is 0.00000225. The maximum absolute atomic E-state index is 12.9. The second-order valence-corrected chi connectivity index (χ2v) is 7.57. The molecule has 2 saturated heterocycles. The molecule has 0 spiro atoms. The minimum atomic E-state index is -0.345. The van der Waals surface area contributed by atoms with E-state index in [9.17, 15) is 9.59 Å². The Morgan fingerprint density at radius 2 is 2.12 bits per heavy atom. The third-order valence-electron chi connectivity index (χ3n) is 4.76. The second-order valence-electron chi connectivity index (χ2n) is 6.42. The number of rotatable bonds is 4. The second kappa shape index (κ2) is 9.46. The molecular weight excluding hydrogens is 358 g/mol. The summed E-state index contributed by atoms with van der Waals surface area (Å²) in [4.78, 5) is 29.0. The van der Waals surface area contributed by atoms with Crippen molar-refractivity contribution in [1.82, 2.24) is 10.2 Å². The fourth-order valence-corrected chi connectivity index (χ4v) is 4.31. The molecule has 0 radical (unpaired) electrons. The lowest BCUT2D eigenvalue weighted by atomic mass is 10.0. The predicted molar refractivity (Wildman–Crippen MR) is 106 cm³/mol. The van der Waals surface area contributed by atoms with Crippen molar-refractivity contribution in [2.45, 2.75) is 31.3 Å². The van der Waals surface area contributed by atoms with Crippen LogP contribution < -0.4 is 10.2 Å². The Morgan fingerprint density at radius 3 is 2.80 bits per heavy atom. The van der Waals surface area contributed by atoms with Gasteiger partial charge in [0, 0.05) is 49.8 Å². The van der Waals surface area contributed by atoms with Gasteiger partial charge < -0.3 is 15.1 Å². The van der Waals surface area contributed by atoms with Crippen LogP contribution in [0.5, 0.6) is 0 Å². The summed E-state index contributed by atoms with van der Waals surface area (Å²) in [5, 5.41) is 3.39. The van der Waals surface area contributed by atoms with Gasteiger partial charge in [0.15, 0.2) is 0 Å². The number of carbonyl (C=O) groups excluding carboxylic acids is 2. The van der Waals surface area contributed by atoms with Crippen LogP contribution in [-0.2, 0) is 9.59 Å². The van der Waals surface area contributed by atoms with E-state index in [2.05, 4.69) is 5.32 Å². The number of nitrogens with one attached hydrogen (secondary N) is 1. The lowest BCUT2D eigenvalue weighted by Gasteiger charge is -2.37. The van der Waals surface area contributed by atoms with Gasteiger partial charge in [-0.15, -0.1) is 12.4 Å². The largest absolute Gasteiger partial charge is 0.334 e. The number of piperidine rings is 1. The summed E-state index contributed by atoms with van der Waals surface area (Å²) in [6, 6.07) is 9.60. The number of amides is 2. The van der Waals surface area contributed by atoms with Gasteiger partial charge >= 0.3 is 0 Å². The molecule has 1 N–H and O–H groups in total. The number of anilines is 1. The molecule has 138 valence electrons. The van der Waals surface area contributed by atoms with Gasteiger partial charge in [0.2, 0.25) is 11.8 Å². The van der Waals surface area contributed by atoms with Crippen molar-refractivity contribution < 1.29 is 9.59 Å². The van der Waals surface area contributed by atoms with Gasteiger partial charge in [0.1, 0.15) is 6.04 Å². The van der Waals surface area contributed by atoms with Crippen LogP contribution in [0.15, 0.2) is 30.3 Å². The molecule has 2 heterocycles. The Kier molecular flexibility index (Phi) is 7.59. The van der Waals surface area contributed by atoms with Gasteiger partial charge in [-0.05, 0) is 25.0 Å². The maximum Gasteiger partial charge on any atom is 0.249 e. The monoisotopic (exact) mass is 383 g/mol. The van der Waals surface area contributed by atoms with E-state index in [0.29, 0.717) is 6.42 Å². The number of nitrogens with zero attached hydrogens (tertiary/aromatic N) is 2. The summed E-state index contributed by atoms with van der Waals surface area (Å²) in [6.07, 6.45) is 2.14. The summed E-state index contributed by atoms with van der Waals surface area (Å²) in [7, 11) is 1.77. The molecule has 25 heavy (non-hydrogen) atoms. The molecule has 2 aliphatic rings. The molecule has 2 unspecified atom stereocenters. The van der Waals surface area contributed by atoms with Gasteiger partial charge in [-0.2, -0.15) is 11.8 Å². The van der Waals surface area contributed by atoms with Crippen molar-refractivity contribution in [3.05, 3.63) is 30.3 Å². The van der Waals surface area contributed by atoms with Gasteiger partial charge in [-0.25, -0.2) is 0 Å².